The van der Waals surface area contributed by atoms with Crippen molar-refractivity contribution in [2.24, 2.45) is 0 Å². The Bertz CT molecular complexity index is 604. The number of aliphatic hydroxyl groups is 1. The lowest BCUT2D eigenvalue weighted by Gasteiger charge is -2.12. The van der Waals surface area contributed by atoms with Crippen LogP contribution in [-0.2, 0) is 0 Å². The molecule has 0 aliphatic carbocycles. The van der Waals surface area contributed by atoms with Gasteiger partial charge in [-0.3, -0.25) is 0 Å². The molecular weight excluding hydrogens is 224 g/mol. The average molecular weight is 242 g/mol. The largest absolute Gasteiger partial charge is 0.507 e. The maximum atomic E-state index is 10.2. The summed E-state index contributed by atoms with van der Waals surface area (Å²) in [6, 6.07) is 9.69. The Morgan fingerprint density at radius 1 is 1.11 bits per heavy atom. The zero-order valence-corrected chi connectivity index (χ0v) is 10.9. The molecule has 0 heterocycles. The maximum absolute atomic E-state index is 10.2. The van der Waals surface area contributed by atoms with Crippen LogP contribution in [0.1, 0.15) is 25.0 Å². The molecule has 0 aliphatic rings. The quantitative estimate of drug-likeness (QED) is 0.844. The van der Waals surface area contributed by atoms with Gasteiger partial charge in [0.05, 0.1) is 5.60 Å². The van der Waals surface area contributed by atoms with Crippen molar-refractivity contribution in [1.82, 2.24) is 0 Å². The molecule has 2 aromatic rings. The van der Waals surface area contributed by atoms with Gasteiger partial charge < -0.3 is 10.2 Å². The molecule has 2 aromatic carbocycles. The van der Waals surface area contributed by atoms with E-state index in [1.54, 1.807) is 26.0 Å². The summed E-state index contributed by atoms with van der Waals surface area (Å²) in [5.41, 5.74) is 0.957. The predicted octanol–water partition coefficient (Wildman–Crippen LogP) is 3.64. The normalized spacial score (nSPS) is 12.4. The molecule has 0 spiro atoms. The monoisotopic (exact) mass is 242 g/mol. The summed E-state index contributed by atoms with van der Waals surface area (Å²) in [4.78, 5) is 0. The molecule has 2 heteroatoms. The van der Waals surface area contributed by atoms with Crippen molar-refractivity contribution in [3.8, 4) is 5.75 Å². The second kappa shape index (κ2) is 4.46. The maximum Gasteiger partial charge on any atom is 0.130 e. The molecule has 0 saturated heterocycles. The molecule has 0 aromatic heterocycles. The highest BCUT2D eigenvalue weighted by atomic mass is 16.3. The Hall–Kier alpha value is -1.80. The highest BCUT2D eigenvalue weighted by Gasteiger charge is 2.09. The summed E-state index contributed by atoms with van der Waals surface area (Å²) in [6.07, 6.45) is 3.44. The molecule has 0 unspecified atom stereocenters. The summed E-state index contributed by atoms with van der Waals surface area (Å²) < 4.78 is 0. The van der Waals surface area contributed by atoms with Gasteiger partial charge in [-0.1, -0.05) is 36.4 Å². The van der Waals surface area contributed by atoms with Gasteiger partial charge in [0.2, 0.25) is 0 Å². The van der Waals surface area contributed by atoms with Gasteiger partial charge in [0.15, 0.2) is 0 Å². The van der Waals surface area contributed by atoms with E-state index < -0.39 is 5.60 Å². The molecule has 2 nitrogen and oxygen atoms in total. The van der Waals surface area contributed by atoms with Crippen LogP contribution in [0.5, 0.6) is 5.75 Å². The van der Waals surface area contributed by atoms with Crippen molar-refractivity contribution >= 4 is 16.8 Å². The van der Waals surface area contributed by atoms with E-state index in [9.17, 15) is 10.2 Å². The van der Waals surface area contributed by atoms with Crippen molar-refractivity contribution < 1.29 is 10.2 Å². The molecule has 0 atom stereocenters. The Balaban J connectivity index is 2.60. The zero-order valence-electron chi connectivity index (χ0n) is 10.9. The zero-order chi connectivity index (χ0) is 13.3. The van der Waals surface area contributed by atoms with Crippen LogP contribution in [0.15, 0.2) is 36.4 Å². The SMILES string of the molecule is Cc1cc(/C=C/C(C)(C)O)c(O)c2ccccc12. The molecule has 18 heavy (non-hydrogen) atoms. The van der Waals surface area contributed by atoms with Crippen molar-refractivity contribution in [2.75, 3.05) is 0 Å². The Labute approximate surface area is 107 Å². The highest BCUT2D eigenvalue weighted by molar-refractivity contribution is 5.93. The van der Waals surface area contributed by atoms with Crippen LogP contribution in [0.3, 0.4) is 0 Å². The first kappa shape index (κ1) is 12.7. The number of hydrogen-bond acceptors (Lipinski definition) is 2. The van der Waals surface area contributed by atoms with Gasteiger partial charge in [0.25, 0.3) is 0 Å². The summed E-state index contributed by atoms with van der Waals surface area (Å²) in [6.45, 7) is 5.42. The topological polar surface area (TPSA) is 40.5 Å². The van der Waals surface area contributed by atoms with Crippen LogP contribution in [-0.4, -0.2) is 15.8 Å². The lowest BCUT2D eigenvalue weighted by atomic mass is 9.99. The molecule has 0 radical (unpaired) electrons. The fourth-order valence-corrected chi connectivity index (χ4v) is 1.99. The number of aromatic hydroxyl groups is 1. The molecule has 2 N–H and O–H groups in total. The second-order valence-electron chi connectivity index (χ2n) is 5.16. The third kappa shape index (κ3) is 2.54. The minimum Gasteiger partial charge on any atom is -0.507 e. The first-order valence-corrected chi connectivity index (χ1v) is 6.01. The van der Waals surface area contributed by atoms with E-state index in [0.717, 1.165) is 21.9 Å². The van der Waals surface area contributed by atoms with Crippen LogP contribution in [0.2, 0.25) is 0 Å². The molecule has 0 amide bonds. The highest BCUT2D eigenvalue weighted by Crippen LogP contribution is 2.32. The minimum absolute atomic E-state index is 0.261. The minimum atomic E-state index is -0.883. The van der Waals surface area contributed by atoms with Gasteiger partial charge in [-0.2, -0.15) is 0 Å². The van der Waals surface area contributed by atoms with E-state index in [1.807, 2.05) is 37.3 Å². The van der Waals surface area contributed by atoms with Crippen LogP contribution in [0.4, 0.5) is 0 Å². The predicted molar refractivity (Wildman–Crippen MR) is 75.7 cm³/mol. The molecule has 0 saturated carbocycles. The van der Waals surface area contributed by atoms with Crippen LogP contribution >= 0.6 is 0 Å². The first-order valence-electron chi connectivity index (χ1n) is 6.01. The standard InChI is InChI=1S/C16H18O2/c1-11-10-12(8-9-16(2,3)18)15(17)14-7-5-4-6-13(11)14/h4-10,17-18H,1-3H3/b9-8+. The summed E-state index contributed by atoms with van der Waals surface area (Å²) in [5, 5.41) is 21.8. The van der Waals surface area contributed by atoms with Crippen molar-refractivity contribution in [3.05, 3.63) is 47.5 Å². The van der Waals surface area contributed by atoms with Gasteiger partial charge in [0, 0.05) is 10.9 Å². The molecule has 2 rings (SSSR count). The Kier molecular flexibility index (Phi) is 3.14. The van der Waals surface area contributed by atoms with Crippen LogP contribution in [0, 0.1) is 6.92 Å². The fraction of sp³-hybridized carbons (Fsp3) is 0.250. The molecule has 0 bridgehead atoms. The van der Waals surface area contributed by atoms with Gasteiger partial charge in [0.1, 0.15) is 5.75 Å². The van der Waals surface area contributed by atoms with Crippen LogP contribution in [0.25, 0.3) is 16.8 Å². The van der Waals surface area contributed by atoms with Crippen molar-refractivity contribution in [1.29, 1.82) is 0 Å². The number of benzene rings is 2. The van der Waals surface area contributed by atoms with E-state index >= 15 is 0 Å². The smallest absolute Gasteiger partial charge is 0.130 e. The molecule has 0 fully saturated rings. The number of rotatable bonds is 2. The summed E-state index contributed by atoms with van der Waals surface area (Å²) in [5.74, 6) is 0.261. The summed E-state index contributed by atoms with van der Waals surface area (Å²) in [7, 11) is 0. The third-order valence-electron chi connectivity index (χ3n) is 2.92. The van der Waals surface area contributed by atoms with Crippen molar-refractivity contribution in [2.45, 2.75) is 26.4 Å². The fourth-order valence-electron chi connectivity index (χ4n) is 1.99. The number of phenols is 1. The molecular formula is C16H18O2. The second-order valence-corrected chi connectivity index (χ2v) is 5.16. The van der Waals surface area contributed by atoms with E-state index in [1.165, 1.54) is 0 Å². The Morgan fingerprint density at radius 2 is 1.72 bits per heavy atom. The molecule has 94 valence electrons. The van der Waals surface area contributed by atoms with E-state index in [0.29, 0.717) is 0 Å². The van der Waals surface area contributed by atoms with Crippen molar-refractivity contribution in [3.63, 3.8) is 0 Å². The number of aryl methyl sites for hydroxylation is 1. The third-order valence-corrected chi connectivity index (χ3v) is 2.92. The van der Waals surface area contributed by atoms with Gasteiger partial charge >= 0.3 is 0 Å². The average Bonchev–Trinajstić information content (AvgIpc) is 2.31. The van der Waals surface area contributed by atoms with Gasteiger partial charge in [-0.25, -0.2) is 0 Å². The Morgan fingerprint density at radius 3 is 2.33 bits per heavy atom. The lowest BCUT2D eigenvalue weighted by molar-refractivity contribution is 0.134. The molecule has 0 aliphatic heterocycles. The van der Waals surface area contributed by atoms with E-state index in [4.69, 9.17) is 0 Å². The van der Waals surface area contributed by atoms with E-state index in [2.05, 4.69) is 0 Å². The first-order chi connectivity index (χ1) is 8.38. The van der Waals surface area contributed by atoms with E-state index in [-0.39, 0.29) is 5.75 Å². The number of hydrogen-bond donors (Lipinski definition) is 2. The van der Waals surface area contributed by atoms with Gasteiger partial charge in [-0.05, 0) is 37.8 Å². The number of phenolic OH excluding ortho intramolecular Hbond substituents is 1. The summed E-state index contributed by atoms with van der Waals surface area (Å²) >= 11 is 0. The van der Waals surface area contributed by atoms with Gasteiger partial charge in [-0.15, -0.1) is 0 Å². The number of fused-ring (bicyclic) bond motifs is 1. The van der Waals surface area contributed by atoms with Crippen LogP contribution < -0.4 is 0 Å². The lowest BCUT2D eigenvalue weighted by Crippen LogP contribution is -2.13.